The summed E-state index contributed by atoms with van der Waals surface area (Å²) in [4.78, 5) is 14.7. The van der Waals surface area contributed by atoms with Gasteiger partial charge in [-0.05, 0) is 32.4 Å². The van der Waals surface area contributed by atoms with Gasteiger partial charge in [0.15, 0.2) is 0 Å². The minimum Gasteiger partial charge on any atom is -0.465 e. The van der Waals surface area contributed by atoms with Gasteiger partial charge in [-0.3, -0.25) is 9.69 Å². The predicted molar refractivity (Wildman–Crippen MR) is 89.1 cm³/mol. The van der Waals surface area contributed by atoms with Crippen LogP contribution in [0.5, 0.6) is 0 Å². The largest absolute Gasteiger partial charge is 0.465 e. The summed E-state index contributed by atoms with van der Waals surface area (Å²) in [6.45, 7) is 9.29. The fourth-order valence-corrected chi connectivity index (χ4v) is 2.96. The molecule has 1 fully saturated rings. The van der Waals surface area contributed by atoms with E-state index in [-0.39, 0.29) is 11.9 Å². The summed E-state index contributed by atoms with van der Waals surface area (Å²) in [5.74, 6) is 1.64. The summed E-state index contributed by atoms with van der Waals surface area (Å²) >= 11 is 0. The van der Waals surface area contributed by atoms with Gasteiger partial charge in [-0.25, -0.2) is 0 Å². The predicted octanol–water partition coefficient (Wildman–Crippen LogP) is 1.60. The van der Waals surface area contributed by atoms with Gasteiger partial charge in [-0.1, -0.05) is 13.3 Å². The minimum absolute atomic E-state index is 0.00831. The van der Waals surface area contributed by atoms with Crippen LogP contribution >= 0.6 is 0 Å². The topological polar surface area (TPSA) is 80.7 Å². The maximum atomic E-state index is 12.4. The Kier molecular flexibility index (Phi) is 6.21. The van der Waals surface area contributed by atoms with Crippen molar-refractivity contribution in [2.75, 3.05) is 32.8 Å². The zero-order chi connectivity index (χ0) is 16.9. The van der Waals surface area contributed by atoms with Gasteiger partial charge >= 0.3 is 0 Å². The normalized spacial score (nSPS) is 20.0. The Morgan fingerprint density at radius 2 is 2.13 bits per heavy atom. The average molecular weight is 323 g/mol. The number of aryl methyl sites for hydroxylation is 1. The van der Waals surface area contributed by atoms with Crippen LogP contribution in [0, 0.1) is 6.92 Å². The van der Waals surface area contributed by atoms with Crippen LogP contribution in [0.1, 0.15) is 44.3 Å². The molecule has 0 aromatic carbocycles. The molecule has 0 bridgehead atoms. The van der Waals surface area contributed by atoms with Crippen LogP contribution in [0.2, 0.25) is 0 Å². The highest BCUT2D eigenvalue weighted by Gasteiger charge is 2.30. The van der Waals surface area contributed by atoms with Crippen molar-refractivity contribution < 1.29 is 13.9 Å². The van der Waals surface area contributed by atoms with Crippen LogP contribution in [0.3, 0.4) is 0 Å². The maximum Gasteiger partial charge on any atom is 0.239 e. The molecule has 1 aromatic rings. The standard InChI is InChI=1S/C17H29N3O3/c1-4-7-17(3,18)16(21)19-12-14(15-6-5-13(2)23-15)20-8-10-22-11-9-20/h5-6,14H,4,7-12,18H2,1-3H3,(H,19,21). The van der Waals surface area contributed by atoms with Crippen LogP contribution in [0.15, 0.2) is 16.5 Å². The lowest BCUT2D eigenvalue weighted by molar-refractivity contribution is -0.126. The number of rotatable bonds is 7. The van der Waals surface area contributed by atoms with Crippen LogP contribution < -0.4 is 11.1 Å². The summed E-state index contributed by atoms with van der Waals surface area (Å²) in [6.07, 6.45) is 1.55. The Morgan fingerprint density at radius 3 is 2.70 bits per heavy atom. The van der Waals surface area contributed by atoms with Gasteiger partial charge in [-0.2, -0.15) is 0 Å². The van der Waals surface area contributed by atoms with E-state index in [1.54, 1.807) is 6.92 Å². The number of nitrogens with zero attached hydrogens (tertiary/aromatic N) is 1. The molecule has 0 radical (unpaired) electrons. The Labute approximate surface area is 138 Å². The van der Waals surface area contributed by atoms with Crippen molar-refractivity contribution in [3.63, 3.8) is 0 Å². The minimum atomic E-state index is -0.830. The Bertz CT molecular complexity index is 507. The smallest absolute Gasteiger partial charge is 0.239 e. The van der Waals surface area contributed by atoms with E-state index in [9.17, 15) is 4.79 Å². The van der Waals surface area contributed by atoms with E-state index in [1.165, 1.54) is 0 Å². The SMILES string of the molecule is CCCC(C)(N)C(=O)NCC(c1ccc(C)o1)N1CCOCC1. The lowest BCUT2D eigenvalue weighted by Gasteiger charge is -2.34. The first-order chi connectivity index (χ1) is 10.9. The molecule has 1 aliphatic rings. The monoisotopic (exact) mass is 323 g/mol. The van der Waals surface area contributed by atoms with Crippen molar-refractivity contribution in [2.45, 2.75) is 45.2 Å². The molecule has 1 amide bonds. The first kappa shape index (κ1) is 18.0. The number of hydrogen-bond acceptors (Lipinski definition) is 5. The molecular formula is C17H29N3O3. The van der Waals surface area contributed by atoms with Crippen molar-refractivity contribution in [3.05, 3.63) is 23.7 Å². The van der Waals surface area contributed by atoms with Gasteiger partial charge in [0.25, 0.3) is 0 Å². The maximum absolute atomic E-state index is 12.4. The average Bonchev–Trinajstić information content (AvgIpc) is 2.94. The van der Waals surface area contributed by atoms with Gasteiger partial charge in [0.1, 0.15) is 11.5 Å². The third-order valence-corrected chi connectivity index (χ3v) is 4.32. The number of carbonyl (C=O) groups is 1. The molecule has 1 aliphatic heterocycles. The zero-order valence-corrected chi connectivity index (χ0v) is 14.4. The Hall–Kier alpha value is -1.37. The summed E-state index contributed by atoms with van der Waals surface area (Å²) < 4.78 is 11.2. The third kappa shape index (κ3) is 4.80. The molecule has 130 valence electrons. The fraction of sp³-hybridized carbons (Fsp3) is 0.706. The van der Waals surface area contributed by atoms with E-state index in [4.69, 9.17) is 14.9 Å². The summed E-state index contributed by atoms with van der Waals surface area (Å²) in [5, 5.41) is 3.01. The molecule has 2 unspecified atom stereocenters. The molecule has 1 saturated heterocycles. The Balaban J connectivity index is 2.04. The van der Waals surface area contributed by atoms with Crippen molar-refractivity contribution in [1.82, 2.24) is 10.2 Å². The molecular weight excluding hydrogens is 294 g/mol. The van der Waals surface area contributed by atoms with Crippen molar-refractivity contribution >= 4 is 5.91 Å². The molecule has 23 heavy (non-hydrogen) atoms. The van der Waals surface area contributed by atoms with Gasteiger partial charge in [0.2, 0.25) is 5.91 Å². The van der Waals surface area contributed by atoms with Crippen LogP contribution in [-0.4, -0.2) is 49.2 Å². The third-order valence-electron chi connectivity index (χ3n) is 4.32. The van der Waals surface area contributed by atoms with E-state index in [0.717, 1.165) is 31.0 Å². The van der Waals surface area contributed by atoms with E-state index in [1.807, 2.05) is 26.0 Å². The number of nitrogens with two attached hydrogens (primary N) is 1. The van der Waals surface area contributed by atoms with E-state index in [0.29, 0.717) is 26.2 Å². The molecule has 2 atom stereocenters. The number of nitrogens with one attached hydrogen (secondary N) is 1. The molecule has 2 rings (SSSR count). The van der Waals surface area contributed by atoms with Gasteiger partial charge in [0, 0.05) is 19.6 Å². The second-order valence-corrected chi connectivity index (χ2v) is 6.49. The highest BCUT2D eigenvalue weighted by Crippen LogP contribution is 2.23. The molecule has 2 heterocycles. The molecule has 3 N–H and O–H groups in total. The fourth-order valence-electron chi connectivity index (χ4n) is 2.96. The van der Waals surface area contributed by atoms with Gasteiger partial charge < -0.3 is 20.2 Å². The van der Waals surface area contributed by atoms with Crippen molar-refractivity contribution in [1.29, 1.82) is 0 Å². The van der Waals surface area contributed by atoms with E-state index in [2.05, 4.69) is 10.2 Å². The lowest BCUT2D eigenvalue weighted by Crippen LogP contribution is -2.53. The van der Waals surface area contributed by atoms with Gasteiger partial charge in [-0.15, -0.1) is 0 Å². The highest BCUT2D eigenvalue weighted by atomic mass is 16.5. The lowest BCUT2D eigenvalue weighted by atomic mass is 9.96. The van der Waals surface area contributed by atoms with E-state index >= 15 is 0 Å². The molecule has 0 saturated carbocycles. The quantitative estimate of drug-likeness (QED) is 0.796. The first-order valence-electron chi connectivity index (χ1n) is 8.39. The molecule has 0 spiro atoms. The first-order valence-corrected chi connectivity index (χ1v) is 8.39. The zero-order valence-electron chi connectivity index (χ0n) is 14.4. The number of hydrogen-bond donors (Lipinski definition) is 2. The summed E-state index contributed by atoms with van der Waals surface area (Å²) in [6, 6.07) is 3.94. The molecule has 6 heteroatoms. The van der Waals surface area contributed by atoms with Crippen molar-refractivity contribution in [2.24, 2.45) is 5.73 Å². The van der Waals surface area contributed by atoms with Crippen LogP contribution in [0.4, 0.5) is 0 Å². The molecule has 0 aliphatic carbocycles. The van der Waals surface area contributed by atoms with Gasteiger partial charge in [0.05, 0.1) is 24.8 Å². The second kappa shape index (κ2) is 7.95. The number of morpholine rings is 1. The van der Waals surface area contributed by atoms with Crippen LogP contribution in [-0.2, 0) is 9.53 Å². The molecule has 1 aromatic heterocycles. The second-order valence-electron chi connectivity index (χ2n) is 6.49. The highest BCUT2D eigenvalue weighted by molar-refractivity contribution is 5.85. The number of furan rings is 1. The molecule has 6 nitrogen and oxygen atoms in total. The van der Waals surface area contributed by atoms with Crippen LogP contribution in [0.25, 0.3) is 0 Å². The number of carbonyl (C=O) groups excluding carboxylic acids is 1. The summed E-state index contributed by atoms with van der Waals surface area (Å²) in [5.41, 5.74) is 5.28. The number of amides is 1. The Morgan fingerprint density at radius 1 is 1.43 bits per heavy atom. The van der Waals surface area contributed by atoms with E-state index < -0.39 is 5.54 Å². The van der Waals surface area contributed by atoms with Crippen molar-refractivity contribution in [3.8, 4) is 0 Å². The number of ether oxygens (including phenoxy) is 1. The summed E-state index contributed by atoms with van der Waals surface area (Å²) in [7, 11) is 0.